The highest BCUT2D eigenvalue weighted by molar-refractivity contribution is 9.09. The third-order valence-electron chi connectivity index (χ3n) is 2.94. The molecule has 0 amide bonds. The lowest BCUT2D eigenvalue weighted by Gasteiger charge is -2.14. The Labute approximate surface area is 111 Å². The van der Waals surface area contributed by atoms with Crippen molar-refractivity contribution in [3.05, 3.63) is 65.0 Å². The van der Waals surface area contributed by atoms with Crippen LogP contribution in [-0.4, -0.2) is 4.98 Å². The van der Waals surface area contributed by atoms with Crippen LogP contribution in [0.4, 0.5) is 0 Å². The van der Waals surface area contributed by atoms with Gasteiger partial charge in [0, 0.05) is 17.2 Å². The number of rotatable bonds is 3. The van der Waals surface area contributed by atoms with Crippen molar-refractivity contribution in [3.63, 3.8) is 0 Å². The highest BCUT2D eigenvalue weighted by Crippen LogP contribution is 2.29. The van der Waals surface area contributed by atoms with Gasteiger partial charge in [-0.1, -0.05) is 39.7 Å². The van der Waals surface area contributed by atoms with Gasteiger partial charge >= 0.3 is 0 Å². The first-order valence-corrected chi connectivity index (χ1v) is 6.68. The van der Waals surface area contributed by atoms with Crippen molar-refractivity contribution < 1.29 is 0 Å². The molecule has 88 valence electrons. The predicted octanol–water partition coefficient (Wildman–Crippen LogP) is 4.38. The minimum atomic E-state index is 0.366. The van der Waals surface area contributed by atoms with Crippen molar-refractivity contribution in [1.29, 1.82) is 0 Å². The van der Waals surface area contributed by atoms with Crippen molar-refractivity contribution >= 4 is 15.9 Å². The molecule has 2 rings (SSSR count). The highest BCUT2D eigenvalue weighted by Gasteiger charge is 2.11. The second kappa shape index (κ2) is 5.46. The Morgan fingerprint density at radius 3 is 2.53 bits per heavy atom. The summed E-state index contributed by atoms with van der Waals surface area (Å²) in [5.74, 6) is 0. The van der Waals surface area contributed by atoms with E-state index in [-0.39, 0.29) is 0 Å². The maximum atomic E-state index is 4.04. The first kappa shape index (κ1) is 12.3. The molecule has 0 fully saturated rings. The molecule has 0 aliphatic heterocycles. The van der Waals surface area contributed by atoms with Crippen LogP contribution >= 0.6 is 15.9 Å². The molecule has 1 unspecified atom stereocenters. The van der Waals surface area contributed by atoms with Crippen molar-refractivity contribution in [3.8, 4) is 0 Å². The van der Waals surface area contributed by atoms with Gasteiger partial charge in [0.15, 0.2) is 0 Å². The summed E-state index contributed by atoms with van der Waals surface area (Å²) in [5, 5.41) is 0. The van der Waals surface area contributed by atoms with Crippen molar-refractivity contribution in [1.82, 2.24) is 4.98 Å². The molecule has 0 aliphatic carbocycles. The van der Waals surface area contributed by atoms with Gasteiger partial charge in [0.05, 0.1) is 0 Å². The third-order valence-corrected chi connectivity index (χ3v) is 3.75. The molecule has 1 atom stereocenters. The molecule has 1 heterocycles. The van der Waals surface area contributed by atoms with Crippen LogP contribution in [0.15, 0.2) is 42.7 Å². The topological polar surface area (TPSA) is 12.9 Å². The molecule has 2 heteroatoms. The molecule has 1 nitrogen and oxygen atoms in total. The van der Waals surface area contributed by atoms with E-state index < -0.39 is 0 Å². The average molecular weight is 290 g/mol. The number of aromatic nitrogens is 1. The lowest BCUT2D eigenvalue weighted by atomic mass is 9.99. The second-order valence-electron chi connectivity index (χ2n) is 4.39. The van der Waals surface area contributed by atoms with Crippen LogP contribution in [0, 0.1) is 13.8 Å². The van der Waals surface area contributed by atoms with Gasteiger partial charge < -0.3 is 0 Å². The number of halogens is 1. The number of benzene rings is 1. The number of nitrogens with zero attached hydrogens (tertiary/aromatic N) is 1. The minimum Gasteiger partial charge on any atom is -0.265 e. The van der Waals surface area contributed by atoms with Gasteiger partial charge in [-0.2, -0.15) is 0 Å². The van der Waals surface area contributed by atoms with Gasteiger partial charge in [-0.3, -0.25) is 4.98 Å². The number of aryl methyl sites for hydroxylation is 2. The summed E-state index contributed by atoms with van der Waals surface area (Å²) in [4.78, 5) is 4.41. The molecule has 0 bridgehead atoms. The Balaban J connectivity index is 2.20. The van der Waals surface area contributed by atoms with E-state index in [4.69, 9.17) is 0 Å². The molecule has 17 heavy (non-hydrogen) atoms. The van der Waals surface area contributed by atoms with Crippen LogP contribution in [0.1, 0.15) is 27.1 Å². The SMILES string of the molecule is Cc1ccc(C)c(C(Br)Cc2ccncc2)c1. The summed E-state index contributed by atoms with van der Waals surface area (Å²) >= 11 is 3.79. The van der Waals surface area contributed by atoms with Crippen LogP contribution < -0.4 is 0 Å². The summed E-state index contributed by atoms with van der Waals surface area (Å²) in [6.07, 6.45) is 4.68. The molecule has 0 N–H and O–H groups in total. The fourth-order valence-electron chi connectivity index (χ4n) is 1.93. The lowest BCUT2D eigenvalue weighted by molar-refractivity contribution is 0.932. The van der Waals surface area contributed by atoms with Crippen LogP contribution in [0.3, 0.4) is 0 Å². The summed E-state index contributed by atoms with van der Waals surface area (Å²) in [6, 6.07) is 10.7. The fourth-order valence-corrected chi connectivity index (χ4v) is 2.80. The summed E-state index contributed by atoms with van der Waals surface area (Å²) in [6.45, 7) is 4.30. The van der Waals surface area contributed by atoms with E-state index in [1.165, 1.54) is 22.3 Å². The fraction of sp³-hybridized carbons (Fsp3) is 0.267. The Kier molecular flexibility index (Phi) is 3.95. The zero-order chi connectivity index (χ0) is 12.3. The van der Waals surface area contributed by atoms with Crippen molar-refractivity contribution in [2.45, 2.75) is 25.1 Å². The molecular weight excluding hydrogens is 274 g/mol. The molecule has 2 aromatic rings. The normalized spacial score (nSPS) is 12.4. The highest BCUT2D eigenvalue weighted by atomic mass is 79.9. The van der Waals surface area contributed by atoms with Crippen LogP contribution in [0.25, 0.3) is 0 Å². The van der Waals surface area contributed by atoms with E-state index in [1.807, 2.05) is 12.4 Å². The minimum absolute atomic E-state index is 0.366. The van der Waals surface area contributed by atoms with Gasteiger partial charge in [0.2, 0.25) is 0 Å². The Hall–Kier alpha value is -1.15. The molecule has 0 spiro atoms. The Morgan fingerprint density at radius 2 is 1.82 bits per heavy atom. The van der Waals surface area contributed by atoms with E-state index in [0.717, 1.165) is 6.42 Å². The molecule has 0 radical (unpaired) electrons. The zero-order valence-electron chi connectivity index (χ0n) is 10.2. The predicted molar refractivity (Wildman–Crippen MR) is 75.5 cm³/mol. The Morgan fingerprint density at radius 1 is 1.12 bits per heavy atom. The van der Waals surface area contributed by atoms with Crippen LogP contribution in [0.5, 0.6) is 0 Å². The zero-order valence-corrected chi connectivity index (χ0v) is 11.7. The van der Waals surface area contributed by atoms with E-state index in [0.29, 0.717) is 4.83 Å². The summed E-state index contributed by atoms with van der Waals surface area (Å²) < 4.78 is 0. The third kappa shape index (κ3) is 3.16. The van der Waals surface area contributed by atoms with E-state index >= 15 is 0 Å². The molecule has 0 saturated carbocycles. The van der Waals surface area contributed by atoms with Gasteiger partial charge in [-0.15, -0.1) is 0 Å². The van der Waals surface area contributed by atoms with Gasteiger partial charge in [-0.25, -0.2) is 0 Å². The standard InChI is InChI=1S/C15H16BrN/c1-11-3-4-12(2)14(9-11)15(16)10-13-5-7-17-8-6-13/h3-9,15H,10H2,1-2H3. The molecule has 1 aromatic heterocycles. The van der Waals surface area contributed by atoms with Crippen LogP contribution in [0.2, 0.25) is 0 Å². The van der Waals surface area contributed by atoms with Crippen molar-refractivity contribution in [2.24, 2.45) is 0 Å². The molecular formula is C15H16BrN. The lowest BCUT2D eigenvalue weighted by Crippen LogP contribution is -1.98. The summed E-state index contributed by atoms with van der Waals surface area (Å²) in [7, 11) is 0. The monoisotopic (exact) mass is 289 g/mol. The van der Waals surface area contributed by atoms with Gasteiger partial charge in [0.1, 0.15) is 0 Å². The average Bonchev–Trinajstić information content (AvgIpc) is 2.33. The number of hydrogen-bond acceptors (Lipinski definition) is 1. The smallest absolute Gasteiger partial charge is 0.0438 e. The summed E-state index contributed by atoms with van der Waals surface area (Å²) in [5.41, 5.74) is 5.33. The quantitative estimate of drug-likeness (QED) is 0.765. The maximum Gasteiger partial charge on any atom is 0.0438 e. The van der Waals surface area contributed by atoms with E-state index in [2.05, 4.69) is 65.1 Å². The second-order valence-corrected chi connectivity index (χ2v) is 5.49. The molecule has 1 aromatic carbocycles. The van der Waals surface area contributed by atoms with E-state index in [1.54, 1.807) is 0 Å². The van der Waals surface area contributed by atoms with Crippen LogP contribution in [-0.2, 0) is 6.42 Å². The van der Waals surface area contributed by atoms with Crippen molar-refractivity contribution in [2.75, 3.05) is 0 Å². The maximum absolute atomic E-state index is 4.04. The largest absolute Gasteiger partial charge is 0.265 e. The first-order valence-electron chi connectivity index (χ1n) is 5.77. The first-order chi connectivity index (χ1) is 8.16. The molecule has 0 saturated heterocycles. The number of alkyl halides is 1. The number of hydrogen-bond donors (Lipinski definition) is 0. The van der Waals surface area contributed by atoms with Gasteiger partial charge in [0.25, 0.3) is 0 Å². The Bertz CT molecular complexity index is 494. The van der Waals surface area contributed by atoms with Gasteiger partial charge in [-0.05, 0) is 49.1 Å². The number of pyridine rings is 1. The van der Waals surface area contributed by atoms with E-state index in [9.17, 15) is 0 Å². The molecule has 0 aliphatic rings.